The van der Waals surface area contributed by atoms with Crippen molar-refractivity contribution in [1.29, 1.82) is 0 Å². The van der Waals surface area contributed by atoms with Crippen LogP contribution in [0.4, 0.5) is 0 Å². The van der Waals surface area contributed by atoms with Gasteiger partial charge >= 0.3 is 11.9 Å². The van der Waals surface area contributed by atoms with Crippen molar-refractivity contribution >= 4 is 11.9 Å². The summed E-state index contributed by atoms with van der Waals surface area (Å²) in [5.41, 5.74) is 1.70. The van der Waals surface area contributed by atoms with E-state index in [0.29, 0.717) is 0 Å². The Bertz CT molecular complexity index is 463. The highest BCUT2D eigenvalue weighted by atomic mass is 16.5. The molecule has 0 unspecified atom stereocenters. The number of hydrogen-bond donors (Lipinski definition) is 0. The maximum absolute atomic E-state index is 11.4. The molecule has 102 valence electrons. The van der Waals surface area contributed by atoms with Gasteiger partial charge in [-0.1, -0.05) is 38.6 Å². The van der Waals surface area contributed by atoms with E-state index >= 15 is 0 Å². The molecule has 19 heavy (non-hydrogen) atoms. The van der Waals surface area contributed by atoms with Gasteiger partial charge in [-0.05, 0) is 17.2 Å². The Balaban J connectivity index is 2.54. The first kappa shape index (κ1) is 15.0. The van der Waals surface area contributed by atoms with E-state index in [1.165, 1.54) is 0 Å². The van der Waals surface area contributed by atoms with Gasteiger partial charge in [0.25, 0.3) is 0 Å². The Morgan fingerprint density at radius 2 is 1.79 bits per heavy atom. The normalized spacial score (nSPS) is 10.1. The van der Waals surface area contributed by atoms with Gasteiger partial charge in [0, 0.05) is 6.08 Å². The maximum Gasteiger partial charge on any atom is 0.330 e. The highest BCUT2D eigenvalue weighted by Gasteiger charge is 2.08. The molecule has 0 amide bonds. The summed E-state index contributed by atoms with van der Waals surface area (Å²) in [6.07, 6.45) is 1.12. The number of benzene rings is 1. The summed E-state index contributed by atoms with van der Waals surface area (Å²) in [5.74, 6) is -0.836. The molecule has 4 nitrogen and oxygen atoms in total. The Hall–Kier alpha value is -2.10. The second kappa shape index (κ2) is 7.36. The number of carbonyl (C=O) groups is 2. The molecule has 0 spiro atoms. The minimum absolute atomic E-state index is 0.142. The van der Waals surface area contributed by atoms with Crippen LogP contribution in [-0.2, 0) is 32.3 Å². The molecule has 1 aromatic rings. The van der Waals surface area contributed by atoms with Crippen molar-refractivity contribution in [1.82, 2.24) is 0 Å². The van der Waals surface area contributed by atoms with Gasteiger partial charge in [0.05, 0.1) is 5.92 Å². The van der Waals surface area contributed by atoms with Crippen LogP contribution in [0, 0.1) is 5.92 Å². The smallest absolute Gasteiger partial charge is 0.330 e. The molecule has 1 aromatic carbocycles. The second-order valence-corrected chi connectivity index (χ2v) is 4.39. The van der Waals surface area contributed by atoms with E-state index in [1.54, 1.807) is 13.8 Å². The van der Waals surface area contributed by atoms with Crippen LogP contribution < -0.4 is 0 Å². The molecule has 0 fully saturated rings. The van der Waals surface area contributed by atoms with Gasteiger partial charge in [-0.25, -0.2) is 4.79 Å². The first-order valence-electron chi connectivity index (χ1n) is 6.06. The van der Waals surface area contributed by atoms with Crippen LogP contribution in [0.2, 0.25) is 0 Å². The van der Waals surface area contributed by atoms with Gasteiger partial charge in [0.2, 0.25) is 0 Å². The lowest BCUT2D eigenvalue weighted by molar-refractivity contribution is -0.148. The first-order valence-corrected chi connectivity index (χ1v) is 6.06. The lowest BCUT2D eigenvalue weighted by atomic mass is 10.1. The molecule has 0 aliphatic heterocycles. The molecule has 0 bridgehead atoms. The highest BCUT2D eigenvalue weighted by molar-refractivity contribution is 5.81. The summed E-state index contributed by atoms with van der Waals surface area (Å²) in [4.78, 5) is 22.3. The van der Waals surface area contributed by atoms with Gasteiger partial charge < -0.3 is 9.47 Å². The van der Waals surface area contributed by atoms with Crippen molar-refractivity contribution in [3.63, 3.8) is 0 Å². The Labute approximate surface area is 113 Å². The largest absolute Gasteiger partial charge is 0.461 e. The zero-order valence-electron chi connectivity index (χ0n) is 11.2. The zero-order valence-corrected chi connectivity index (χ0v) is 11.2. The SMILES string of the molecule is C=CC(=O)OCc1cccc(COC(=O)C(C)C)c1. The van der Waals surface area contributed by atoms with Crippen LogP contribution in [0.3, 0.4) is 0 Å². The zero-order chi connectivity index (χ0) is 14.3. The molecule has 0 saturated carbocycles. The van der Waals surface area contributed by atoms with Crippen molar-refractivity contribution in [2.75, 3.05) is 0 Å². The number of rotatable bonds is 6. The van der Waals surface area contributed by atoms with Gasteiger partial charge in [-0.2, -0.15) is 0 Å². The number of esters is 2. The number of hydrogen-bond acceptors (Lipinski definition) is 4. The van der Waals surface area contributed by atoms with Gasteiger partial charge in [0.1, 0.15) is 13.2 Å². The topological polar surface area (TPSA) is 52.6 Å². The summed E-state index contributed by atoms with van der Waals surface area (Å²) in [5, 5.41) is 0. The van der Waals surface area contributed by atoms with Crippen molar-refractivity contribution in [3.05, 3.63) is 48.0 Å². The van der Waals surface area contributed by atoms with Crippen LogP contribution in [0.1, 0.15) is 25.0 Å². The average Bonchev–Trinajstić information content (AvgIpc) is 2.42. The van der Waals surface area contributed by atoms with Crippen LogP contribution in [0.25, 0.3) is 0 Å². The molecule has 1 rings (SSSR count). The Morgan fingerprint density at radius 1 is 1.21 bits per heavy atom. The summed E-state index contributed by atoms with van der Waals surface area (Å²) in [7, 11) is 0. The van der Waals surface area contributed by atoms with Crippen LogP contribution in [0.5, 0.6) is 0 Å². The van der Waals surface area contributed by atoms with E-state index in [-0.39, 0.29) is 25.1 Å². The van der Waals surface area contributed by atoms with Crippen LogP contribution in [-0.4, -0.2) is 11.9 Å². The summed E-state index contributed by atoms with van der Waals surface area (Å²) >= 11 is 0. The molecule has 4 heteroatoms. The van der Waals surface area contributed by atoms with E-state index in [1.807, 2.05) is 24.3 Å². The minimum Gasteiger partial charge on any atom is -0.461 e. The molecule has 0 atom stereocenters. The fraction of sp³-hybridized carbons (Fsp3) is 0.333. The molecule has 0 heterocycles. The molecule has 0 aliphatic carbocycles. The molecule has 0 aliphatic rings. The predicted molar refractivity (Wildman–Crippen MR) is 71.1 cm³/mol. The molecular weight excluding hydrogens is 244 g/mol. The average molecular weight is 262 g/mol. The van der Waals surface area contributed by atoms with Gasteiger partial charge in [0.15, 0.2) is 0 Å². The Morgan fingerprint density at radius 3 is 2.32 bits per heavy atom. The molecular formula is C15H18O4. The minimum atomic E-state index is -0.461. The summed E-state index contributed by atoms with van der Waals surface area (Å²) < 4.78 is 10.1. The number of carbonyl (C=O) groups excluding carboxylic acids is 2. The fourth-order valence-electron chi connectivity index (χ4n) is 1.34. The molecule has 0 N–H and O–H groups in total. The van der Waals surface area contributed by atoms with Crippen LogP contribution >= 0.6 is 0 Å². The molecule has 0 aromatic heterocycles. The molecule has 0 radical (unpaired) electrons. The van der Waals surface area contributed by atoms with Crippen molar-refractivity contribution in [2.24, 2.45) is 5.92 Å². The predicted octanol–water partition coefficient (Wildman–Crippen LogP) is 2.62. The number of ether oxygens (including phenoxy) is 2. The van der Waals surface area contributed by atoms with E-state index in [4.69, 9.17) is 9.47 Å². The van der Waals surface area contributed by atoms with E-state index in [9.17, 15) is 9.59 Å². The quantitative estimate of drug-likeness (QED) is 0.584. The molecule has 0 saturated heterocycles. The van der Waals surface area contributed by atoms with E-state index < -0.39 is 5.97 Å². The third-order valence-electron chi connectivity index (χ3n) is 2.39. The van der Waals surface area contributed by atoms with Crippen molar-refractivity contribution in [3.8, 4) is 0 Å². The first-order chi connectivity index (χ1) is 9.02. The monoisotopic (exact) mass is 262 g/mol. The van der Waals surface area contributed by atoms with Crippen LogP contribution in [0.15, 0.2) is 36.9 Å². The summed E-state index contributed by atoms with van der Waals surface area (Å²) in [6.45, 7) is 7.29. The lowest BCUT2D eigenvalue weighted by Crippen LogP contribution is -2.11. The Kier molecular flexibility index (Phi) is 5.79. The van der Waals surface area contributed by atoms with Gasteiger partial charge in [-0.3, -0.25) is 4.79 Å². The summed E-state index contributed by atoms with van der Waals surface area (Å²) in [6, 6.07) is 7.36. The third-order valence-corrected chi connectivity index (χ3v) is 2.39. The van der Waals surface area contributed by atoms with Gasteiger partial charge in [-0.15, -0.1) is 0 Å². The highest BCUT2D eigenvalue weighted by Crippen LogP contribution is 2.09. The third kappa shape index (κ3) is 5.38. The lowest BCUT2D eigenvalue weighted by Gasteiger charge is -2.08. The maximum atomic E-state index is 11.4. The fourth-order valence-corrected chi connectivity index (χ4v) is 1.34. The van der Waals surface area contributed by atoms with Crippen molar-refractivity contribution in [2.45, 2.75) is 27.1 Å². The second-order valence-electron chi connectivity index (χ2n) is 4.39. The van der Waals surface area contributed by atoms with E-state index in [0.717, 1.165) is 17.2 Å². The van der Waals surface area contributed by atoms with Crippen molar-refractivity contribution < 1.29 is 19.1 Å². The van der Waals surface area contributed by atoms with E-state index in [2.05, 4.69) is 6.58 Å². The standard InChI is InChI=1S/C15H18O4/c1-4-14(16)18-9-12-6-5-7-13(8-12)10-19-15(17)11(2)3/h4-8,11H,1,9-10H2,2-3H3.